The van der Waals surface area contributed by atoms with Crippen LogP contribution in [-0.2, 0) is 0 Å². The van der Waals surface area contributed by atoms with Crippen molar-refractivity contribution in [2.45, 2.75) is 32.2 Å². The molecule has 4 rings (SSSR count). The van der Waals surface area contributed by atoms with Crippen LogP contribution in [0.3, 0.4) is 0 Å². The predicted molar refractivity (Wildman–Crippen MR) is 95.4 cm³/mol. The summed E-state index contributed by atoms with van der Waals surface area (Å²) in [5.41, 5.74) is 5.56. The van der Waals surface area contributed by atoms with Crippen LogP contribution in [0.4, 0.5) is 11.4 Å². The van der Waals surface area contributed by atoms with Crippen LogP contribution in [0.25, 0.3) is 0 Å². The number of nitrogens with one attached hydrogen (secondary N) is 1. The van der Waals surface area contributed by atoms with Gasteiger partial charge in [-0.1, -0.05) is 48.0 Å². The van der Waals surface area contributed by atoms with Crippen molar-refractivity contribution in [3.63, 3.8) is 0 Å². The minimum absolute atomic E-state index is 0.104. The van der Waals surface area contributed by atoms with Crippen LogP contribution in [-0.4, -0.2) is 4.92 Å². The molecule has 0 fully saturated rings. The maximum absolute atomic E-state index is 11.5. The SMILES string of the molecule is Cc1ccc([C@@H]2Nc3c(C)ccc([N+](=O)[O-])c3[C@@H]3C=CC[C@@H]32)cc1. The maximum atomic E-state index is 11.5. The van der Waals surface area contributed by atoms with E-state index in [0.29, 0.717) is 5.92 Å². The number of nitro benzene ring substituents is 1. The van der Waals surface area contributed by atoms with E-state index in [1.54, 1.807) is 6.07 Å². The molecule has 24 heavy (non-hydrogen) atoms. The zero-order valence-corrected chi connectivity index (χ0v) is 13.8. The zero-order chi connectivity index (χ0) is 16.8. The Bertz CT molecular complexity index is 839. The summed E-state index contributed by atoms with van der Waals surface area (Å²) in [5.74, 6) is 0.425. The van der Waals surface area contributed by atoms with Crippen LogP contribution >= 0.6 is 0 Å². The molecule has 1 N–H and O–H groups in total. The van der Waals surface area contributed by atoms with Crippen molar-refractivity contribution in [2.75, 3.05) is 5.32 Å². The van der Waals surface area contributed by atoms with Gasteiger partial charge in [0.15, 0.2) is 0 Å². The van der Waals surface area contributed by atoms with Crippen molar-refractivity contribution in [3.8, 4) is 0 Å². The highest BCUT2D eigenvalue weighted by Gasteiger charge is 2.41. The van der Waals surface area contributed by atoms with Gasteiger partial charge >= 0.3 is 0 Å². The van der Waals surface area contributed by atoms with Crippen molar-refractivity contribution in [3.05, 3.63) is 80.9 Å². The van der Waals surface area contributed by atoms with E-state index in [-0.39, 0.29) is 22.6 Å². The first-order chi connectivity index (χ1) is 11.6. The van der Waals surface area contributed by atoms with Crippen LogP contribution in [0.5, 0.6) is 0 Å². The van der Waals surface area contributed by atoms with E-state index in [4.69, 9.17) is 0 Å². The summed E-state index contributed by atoms with van der Waals surface area (Å²) in [6.45, 7) is 4.10. The van der Waals surface area contributed by atoms with Gasteiger partial charge in [-0.2, -0.15) is 0 Å². The zero-order valence-electron chi connectivity index (χ0n) is 13.8. The van der Waals surface area contributed by atoms with E-state index >= 15 is 0 Å². The third-order valence-electron chi connectivity index (χ3n) is 5.34. The molecule has 0 bridgehead atoms. The number of allylic oxidation sites excluding steroid dienone is 2. The second-order valence-electron chi connectivity index (χ2n) is 6.83. The Morgan fingerprint density at radius 2 is 1.88 bits per heavy atom. The number of hydrogen-bond donors (Lipinski definition) is 1. The van der Waals surface area contributed by atoms with E-state index in [1.165, 1.54) is 11.1 Å². The van der Waals surface area contributed by atoms with Crippen molar-refractivity contribution < 1.29 is 4.92 Å². The van der Waals surface area contributed by atoms with Gasteiger partial charge in [-0.15, -0.1) is 0 Å². The summed E-state index contributed by atoms with van der Waals surface area (Å²) in [7, 11) is 0. The van der Waals surface area contributed by atoms with Crippen LogP contribution in [0, 0.1) is 29.9 Å². The fourth-order valence-electron chi connectivity index (χ4n) is 4.10. The van der Waals surface area contributed by atoms with Gasteiger partial charge in [0.1, 0.15) is 0 Å². The second kappa shape index (κ2) is 5.48. The molecule has 1 aliphatic heterocycles. The largest absolute Gasteiger partial charge is 0.377 e. The minimum atomic E-state index is -0.255. The van der Waals surface area contributed by atoms with Gasteiger partial charge < -0.3 is 5.32 Å². The lowest BCUT2D eigenvalue weighted by Gasteiger charge is -2.38. The number of hydrogen-bond acceptors (Lipinski definition) is 3. The second-order valence-corrected chi connectivity index (χ2v) is 6.83. The van der Waals surface area contributed by atoms with Gasteiger partial charge in [0.2, 0.25) is 0 Å². The standard InChI is InChI=1S/C20H20N2O2/c1-12-6-9-14(10-7-12)20-16-5-3-4-15(16)18-17(22(23)24)11-8-13(2)19(18)21-20/h3-4,6-11,15-16,20-21H,5H2,1-2H3/t15-,16+,20+/m1/s1. The Balaban J connectivity index is 1.86. The molecule has 0 saturated heterocycles. The number of nitro groups is 1. The summed E-state index contributed by atoms with van der Waals surface area (Å²) < 4.78 is 0. The lowest BCUT2D eigenvalue weighted by molar-refractivity contribution is -0.385. The molecular weight excluding hydrogens is 300 g/mol. The number of nitrogens with zero attached hydrogens (tertiary/aromatic N) is 1. The fraction of sp³-hybridized carbons (Fsp3) is 0.300. The Labute approximate surface area is 141 Å². The molecule has 0 amide bonds. The predicted octanol–water partition coefficient (Wildman–Crippen LogP) is 5.04. The summed E-state index contributed by atoms with van der Waals surface area (Å²) in [4.78, 5) is 11.3. The molecule has 0 unspecified atom stereocenters. The first kappa shape index (κ1) is 14.9. The van der Waals surface area contributed by atoms with E-state index in [1.807, 2.05) is 13.0 Å². The van der Waals surface area contributed by atoms with Crippen LogP contribution < -0.4 is 5.32 Å². The highest BCUT2D eigenvalue weighted by Crippen LogP contribution is 2.53. The quantitative estimate of drug-likeness (QED) is 0.479. The molecule has 0 radical (unpaired) electrons. The molecule has 3 atom stereocenters. The van der Waals surface area contributed by atoms with Crippen molar-refractivity contribution in [2.24, 2.45) is 5.92 Å². The molecule has 0 aromatic heterocycles. The van der Waals surface area contributed by atoms with Crippen LogP contribution in [0.2, 0.25) is 0 Å². The molecule has 0 spiro atoms. The highest BCUT2D eigenvalue weighted by atomic mass is 16.6. The smallest absolute Gasteiger partial charge is 0.275 e. The average molecular weight is 320 g/mol. The van der Waals surface area contributed by atoms with Gasteiger partial charge in [0.05, 0.1) is 16.5 Å². The minimum Gasteiger partial charge on any atom is -0.377 e. The lowest BCUT2D eigenvalue weighted by atomic mass is 9.75. The first-order valence-corrected chi connectivity index (χ1v) is 8.34. The summed E-state index contributed by atoms with van der Waals surface area (Å²) in [6.07, 6.45) is 5.26. The normalized spacial score (nSPS) is 24.2. The molecule has 2 aromatic carbocycles. The first-order valence-electron chi connectivity index (χ1n) is 8.34. The third kappa shape index (κ3) is 2.21. The average Bonchev–Trinajstić information content (AvgIpc) is 3.05. The van der Waals surface area contributed by atoms with Gasteiger partial charge in [0.25, 0.3) is 5.69 Å². The van der Waals surface area contributed by atoms with Crippen molar-refractivity contribution >= 4 is 11.4 Å². The monoisotopic (exact) mass is 320 g/mol. The van der Waals surface area contributed by atoms with Gasteiger partial charge in [-0.05, 0) is 37.3 Å². The highest BCUT2D eigenvalue weighted by molar-refractivity contribution is 5.70. The maximum Gasteiger partial charge on any atom is 0.275 e. The third-order valence-corrected chi connectivity index (χ3v) is 5.34. The molecule has 2 aromatic rings. The summed E-state index contributed by atoms with van der Waals surface area (Å²) in [6, 6.07) is 12.3. The van der Waals surface area contributed by atoms with Crippen molar-refractivity contribution in [1.82, 2.24) is 0 Å². The number of benzene rings is 2. The Kier molecular flexibility index (Phi) is 3.41. The fourth-order valence-corrected chi connectivity index (χ4v) is 4.10. The van der Waals surface area contributed by atoms with Crippen LogP contribution in [0.15, 0.2) is 48.6 Å². The van der Waals surface area contributed by atoms with Gasteiger partial charge in [-0.3, -0.25) is 10.1 Å². The molecule has 1 aliphatic carbocycles. The van der Waals surface area contributed by atoms with Crippen LogP contribution in [0.1, 0.15) is 40.6 Å². The van der Waals surface area contributed by atoms with E-state index in [0.717, 1.165) is 23.2 Å². The number of rotatable bonds is 2. The molecular formula is C20H20N2O2. The molecule has 0 saturated carbocycles. The molecule has 1 heterocycles. The van der Waals surface area contributed by atoms with Gasteiger partial charge in [-0.25, -0.2) is 0 Å². The summed E-state index contributed by atoms with van der Waals surface area (Å²) >= 11 is 0. The Morgan fingerprint density at radius 3 is 2.58 bits per heavy atom. The van der Waals surface area contributed by atoms with Crippen molar-refractivity contribution in [1.29, 1.82) is 0 Å². The Morgan fingerprint density at radius 1 is 1.12 bits per heavy atom. The lowest BCUT2D eigenvalue weighted by Crippen LogP contribution is -2.30. The summed E-state index contributed by atoms with van der Waals surface area (Å²) in [5, 5.41) is 15.1. The molecule has 4 heteroatoms. The van der Waals surface area contributed by atoms with E-state index in [2.05, 4.69) is 48.7 Å². The topological polar surface area (TPSA) is 55.2 Å². The number of anilines is 1. The number of aryl methyl sites for hydroxylation is 2. The molecule has 122 valence electrons. The van der Waals surface area contributed by atoms with E-state index in [9.17, 15) is 10.1 Å². The Hall–Kier alpha value is -2.62. The van der Waals surface area contributed by atoms with Gasteiger partial charge in [0, 0.05) is 17.7 Å². The number of fused-ring (bicyclic) bond motifs is 3. The molecule has 4 nitrogen and oxygen atoms in total. The van der Waals surface area contributed by atoms with E-state index < -0.39 is 0 Å². The molecule has 2 aliphatic rings.